The average Bonchev–Trinajstić information content (AvgIpc) is 2.50. The summed E-state index contributed by atoms with van der Waals surface area (Å²) in [7, 11) is 0.908. The second kappa shape index (κ2) is 3.59. The molecule has 1 heterocycles. The molecule has 0 saturated carbocycles. The number of carbonyl (C=O) groups excluding carboxylic acids is 1. The van der Waals surface area contributed by atoms with Crippen LogP contribution < -0.4 is 0 Å². The maximum atomic E-state index is 13.0. The number of alkyl halides is 2. The number of ether oxygens (including phenoxy) is 1. The first-order valence-electron chi connectivity index (χ1n) is 3.19. The van der Waals surface area contributed by atoms with Gasteiger partial charge in [0.05, 0.1) is 17.0 Å². The molecule has 0 amide bonds. The number of rotatable bonds is 2. The van der Waals surface area contributed by atoms with E-state index >= 15 is 0 Å². The van der Waals surface area contributed by atoms with E-state index in [0.29, 0.717) is 0 Å². The summed E-state index contributed by atoms with van der Waals surface area (Å²) in [5.74, 6) is -5.18. The van der Waals surface area contributed by atoms with Gasteiger partial charge in [-0.2, -0.15) is 8.78 Å². The zero-order chi connectivity index (χ0) is 10.1. The van der Waals surface area contributed by atoms with Gasteiger partial charge in [-0.3, -0.25) is 0 Å². The minimum Gasteiger partial charge on any atom is -0.464 e. The van der Waals surface area contributed by atoms with Crippen molar-refractivity contribution in [1.82, 2.24) is 0 Å². The van der Waals surface area contributed by atoms with E-state index in [-0.39, 0.29) is 5.02 Å². The van der Waals surface area contributed by atoms with Crippen LogP contribution >= 0.6 is 22.9 Å². The lowest BCUT2D eigenvalue weighted by Gasteiger charge is -2.10. The van der Waals surface area contributed by atoms with E-state index in [2.05, 4.69) is 4.74 Å². The Bertz CT molecular complexity index is 324. The van der Waals surface area contributed by atoms with Crippen LogP contribution in [0, 0.1) is 0 Å². The predicted molar refractivity (Wildman–Crippen MR) is 45.2 cm³/mol. The standard InChI is InChI=1S/C7H5ClF2O2S/c1-12-6(11)7(9,10)5-2-4(8)3-13-5/h2-3H,1H3. The SMILES string of the molecule is COC(=O)C(F)(F)c1cc(Cl)cs1. The van der Waals surface area contributed by atoms with Crippen LogP contribution in [0.1, 0.15) is 4.88 Å². The van der Waals surface area contributed by atoms with Crippen LogP contribution in [0.2, 0.25) is 5.02 Å². The summed E-state index contributed by atoms with van der Waals surface area (Å²) in [6, 6.07) is 1.04. The molecule has 0 bridgehead atoms. The van der Waals surface area contributed by atoms with Crippen molar-refractivity contribution in [3.63, 3.8) is 0 Å². The van der Waals surface area contributed by atoms with Gasteiger partial charge in [0.15, 0.2) is 0 Å². The van der Waals surface area contributed by atoms with E-state index in [1.807, 2.05) is 0 Å². The third-order valence-electron chi connectivity index (χ3n) is 1.32. The summed E-state index contributed by atoms with van der Waals surface area (Å²) < 4.78 is 30.0. The van der Waals surface area contributed by atoms with Crippen LogP contribution in [-0.4, -0.2) is 13.1 Å². The second-order valence-electron chi connectivity index (χ2n) is 2.20. The van der Waals surface area contributed by atoms with Crippen molar-refractivity contribution in [2.75, 3.05) is 7.11 Å². The molecule has 0 N–H and O–H groups in total. The lowest BCUT2D eigenvalue weighted by atomic mass is 10.3. The van der Waals surface area contributed by atoms with Crippen molar-refractivity contribution in [2.24, 2.45) is 0 Å². The van der Waals surface area contributed by atoms with Crippen LogP contribution in [-0.2, 0) is 15.5 Å². The Labute approximate surface area is 82.1 Å². The van der Waals surface area contributed by atoms with Crippen molar-refractivity contribution < 1.29 is 18.3 Å². The smallest absolute Gasteiger partial charge is 0.382 e. The maximum absolute atomic E-state index is 13.0. The lowest BCUT2D eigenvalue weighted by Crippen LogP contribution is -2.25. The van der Waals surface area contributed by atoms with Gasteiger partial charge in [-0.1, -0.05) is 11.6 Å². The highest BCUT2D eigenvalue weighted by Gasteiger charge is 2.43. The molecular formula is C7H5ClF2O2S. The van der Waals surface area contributed by atoms with Gasteiger partial charge in [0.25, 0.3) is 0 Å². The highest BCUT2D eigenvalue weighted by atomic mass is 35.5. The number of hydrogen-bond donors (Lipinski definition) is 0. The van der Waals surface area contributed by atoms with Gasteiger partial charge in [-0.05, 0) is 6.07 Å². The molecule has 0 aliphatic carbocycles. The number of carbonyl (C=O) groups is 1. The van der Waals surface area contributed by atoms with E-state index in [9.17, 15) is 13.6 Å². The third-order valence-corrected chi connectivity index (χ3v) is 2.67. The topological polar surface area (TPSA) is 26.3 Å². The number of thiophene rings is 1. The molecule has 0 spiro atoms. The van der Waals surface area contributed by atoms with E-state index in [1.54, 1.807) is 0 Å². The van der Waals surface area contributed by atoms with E-state index < -0.39 is 16.8 Å². The molecule has 13 heavy (non-hydrogen) atoms. The maximum Gasteiger partial charge on any atom is 0.382 e. The molecule has 1 rings (SSSR count). The normalized spacial score (nSPS) is 11.4. The molecule has 0 aromatic carbocycles. The van der Waals surface area contributed by atoms with Crippen molar-refractivity contribution >= 4 is 28.9 Å². The summed E-state index contributed by atoms with van der Waals surface area (Å²) >= 11 is 6.16. The van der Waals surface area contributed by atoms with Crippen molar-refractivity contribution in [2.45, 2.75) is 5.92 Å². The molecule has 0 radical (unpaired) electrons. The van der Waals surface area contributed by atoms with E-state index in [4.69, 9.17) is 11.6 Å². The van der Waals surface area contributed by atoms with Crippen LogP contribution in [0.4, 0.5) is 8.78 Å². The minimum atomic E-state index is -3.60. The van der Waals surface area contributed by atoms with Crippen LogP contribution in [0.3, 0.4) is 0 Å². The molecule has 0 atom stereocenters. The molecule has 1 aromatic rings. The van der Waals surface area contributed by atoms with Gasteiger partial charge < -0.3 is 4.74 Å². The molecule has 0 fully saturated rings. The number of esters is 1. The third kappa shape index (κ3) is 1.97. The predicted octanol–water partition coefficient (Wildman–Crippen LogP) is 2.67. The molecule has 0 aliphatic rings. The number of halogens is 3. The van der Waals surface area contributed by atoms with Crippen LogP contribution in [0.5, 0.6) is 0 Å². The summed E-state index contributed by atoms with van der Waals surface area (Å²) in [4.78, 5) is 10.2. The van der Waals surface area contributed by atoms with Crippen molar-refractivity contribution in [3.8, 4) is 0 Å². The first-order valence-corrected chi connectivity index (χ1v) is 4.45. The second-order valence-corrected chi connectivity index (χ2v) is 3.54. The zero-order valence-corrected chi connectivity index (χ0v) is 8.09. The van der Waals surface area contributed by atoms with E-state index in [0.717, 1.165) is 24.5 Å². The molecular weight excluding hydrogens is 222 g/mol. The zero-order valence-electron chi connectivity index (χ0n) is 6.51. The molecule has 0 unspecified atom stereocenters. The highest BCUT2D eigenvalue weighted by molar-refractivity contribution is 7.10. The summed E-state index contributed by atoms with van der Waals surface area (Å²) in [6.07, 6.45) is 0. The quantitative estimate of drug-likeness (QED) is 0.725. The van der Waals surface area contributed by atoms with Gasteiger partial charge in [-0.25, -0.2) is 4.79 Å². The van der Waals surface area contributed by atoms with Crippen LogP contribution in [0.25, 0.3) is 0 Å². The van der Waals surface area contributed by atoms with Gasteiger partial charge in [0, 0.05) is 5.38 Å². The molecule has 72 valence electrons. The van der Waals surface area contributed by atoms with Gasteiger partial charge >= 0.3 is 11.9 Å². The summed E-state index contributed by atoms with van der Waals surface area (Å²) in [6.45, 7) is 0. The Kier molecular flexibility index (Phi) is 2.87. The molecule has 2 nitrogen and oxygen atoms in total. The van der Waals surface area contributed by atoms with Gasteiger partial charge in [0.2, 0.25) is 0 Å². The Morgan fingerprint density at radius 3 is 2.69 bits per heavy atom. The number of methoxy groups -OCH3 is 1. The summed E-state index contributed by atoms with van der Waals surface area (Å²) in [5, 5.41) is 1.51. The van der Waals surface area contributed by atoms with Gasteiger partial charge in [0.1, 0.15) is 0 Å². The molecule has 0 aliphatic heterocycles. The molecule has 1 aromatic heterocycles. The Hall–Kier alpha value is -0.680. The average molecular weight is 227 g/mol. The fourth-order valence-corrected chi connectivity index (χ4v) is 1.75. The van der Waals surface area contributed by atoms with Crippen molar-refractivity contribution in [3.05, 3.63) is 21.3 Å². The first kappa shape index (κ1) is 10.4. The fraction of sp³-hybridized carbons (Fsp3) is 0.286. The Morgan fingerprint density at radius 1 is 1.69 bits per heavy atom. The minimum absolute atomic E-state index is 0.184. The van der Waals surface area contributed by atoms with Crippen molar-refractivity contribution in [1.29, 1.82) is 0 Å². The Balaban J connectivity index is 2.99. The fourth-order valence-electron chi connectivity index (χ4n) is 0.706. The number of hydrogen-bond acceptors (Lipinski definition) is 3. The van der Waals surface area contributed by atoms with Gasteiger partial charge in [-0.15, -0.1) is 11.3 Å². The van der Waals surface area contributed by atoms with Crippen LogP contribution in [0.15, 0.2) is 11.4 Å². The largest absolute Gasteiger partial charge is 0.464 e. The highest BCUT2D eigenvalue weighted by Crippen LogP contribution is 2.35. The monoisotopic (exact) mass is 226 g/mol. The van der Waals surface area contributed by atoms with E-state index in [1.165, 1.54) is 5.38 Å². The molecule has 0 saturated heterocycles. The molecule has 6 heteroatoms. The summed E-state index contributed by atoms with van der Waals surface area (Å²) in [5.41, 5.74) is 0. The lowest BCUT2D eigenvalue weighted by molar-refractivity contribution is -0.169. The Morgan fingerprint density at radius 2 is 2.31 bits per heavy atom. The first-order chi connectivity index (χ1) is 5.98.